The Bertz CT molecular complexity index is 478. The molecule has 0 aromatic rings. The number of nitrogens with zero attached hydrogens (tertiary/aromatic N) is 2. The van der Waals surface area contributed by atoms with E-state index in [0.717, 1.165) is 19.3 Å². The number of fused-ring (bicyclic) bond motifs is 1. The predicted molar refractivity (Wildman–Crippen MR) is 70.0 cm³/mol. The summed E-state index contributed by atoms with van der Waals surface area (Å²) in [7, 11) is 3.07. The first-order valence-corrected chi connectivity index (χ1v) is 7.11. The van der Waals surface area contributed by atoms with Crippen molar-refractivity contribution >= 4 is 17.8 Å². The van der Waals surface area contributed by atoms with E-state index in [1.807, 2.05) is 4.90 Å². The molecule has 2 amide bonds. The van der Waals surface area contributed by atoms with Gasteiger partial charge in [-0.2, -0.15) is 0 Å². The van der Waals surface area contributed by atoms with Crippen molar-refractivity contribution in [3.63, 3.8) is 0 Å². The van der Waals surface area contributed by atoms with Crippen LogP contribution in [0, 0.1) is 5.92 Å². The van der Waals surface area contributed by atoms with Crippen LogP contribution in [0.5, 0.6) is 0 Å². The van der Waals surface area contributed by atoms with Crippen molar-refractivity contribution < 1.29 is 19.1 Å². The zero-order valence-electron chi connectivity index (χ0n) is 11.9. The number of amides is 2. The Labute approximate surface area is 118 Å². The highest BCUT2D eigenvalue weighted by atomic mass is 16.5. The smallest absolute Gasteiger partial charge is 0.409 e. The highest BCUT2D eigenvalue weighted by Gasteiger charge is 2.56. The van der Waals surface area contributed by atoms with Crippen molar-refractivity contribution in [2.75, 3.05) is 20.7 Å². The van der Waals surface area contributed by atoms with Gasteiger partial charge in [-0.25, -0.2) is 4.79 Å². The van der Waals surface area contributed by atoms with Gasteiger partial charge in [-0.05, 0) is 19.3 Å². The number of piperidine rings is 1. The molecular weight excluding hydrogens is 260 g/mol. The lowest BCUT2D eigenvalue weighted by atomic mass is 9.69. The Balaban J connectivity index is 1.83. The van der Waals surface area contributed by atoms with Crippen LogP contribution < -0.4 is 0 Å². The van der Waals surface area contributed by atoms with Gasteiger partial charge in [0.25, 0.3) is 0 Å². The number of Topliss-reactive ketones (excluding diaryl/α,β-unsaturated/α-hetero) is 1. The van der Waals surface area contributed by atoms with Crippen LogP contribution in [0.3, 0.4) is 0 Å². The third kappa shape index (κ3) is 1.81. The summed E-state index contributed by atoms with van der Waals surface area (Å²) in [5, 5.41) is 0. The molecule has 3 aliphatic rings. The van der Waals surface area contributed by atoms with Gasteiger partial charge < -0.3 is 14.5 Å². The summed E-state index contributed by atoms with van der Waals surface area (Å²) in [5.41, 5.74) is -0.207. The first-order valence-electron chi connectivity index (χ1n) is 7.11. The Kier molecular flexibility index (Phi) is 2.99. The van der Waals surface area contributed by atoms with E-state index < -0.39 is 0 Å². The summed E-state index contributed by atoms with van der Waals surface area (Å²) < 4.78 is 4.75. The SMILES string of the molecule is COC(=O)N(C)[C@@H]1CN2C(=O)C[C@H]3C[C@@]2(CCC3=O)C1. The molecule has 3 fully saturated rings. The number of likely N-dealkylation sites (N-methyl/N-ethyl adjacent to an activating group) is 1. The molecule has 20 heavy (non-hydrogen) atoms. The molecule has 1 aliphatic carbocycles. The summed E-state index contributed by atoms with van der Waals surface area (Å²) in [6.07, 6.45) is 2.79. The fraction of sp³-hybridized carbons (Fsp3) is 0.786. The van der Waals surface area contributed by atoms with Gasteiger partial charge in [-0.1, -0.05) is 0 Å². The molecule has 0 unspecified atom stereocenters. The summed E-state index contributed by atoms with van der Waals surface area (Å²) in [6, 6.07) is -0.0154. The van der Waals surface area contributed by atoms with Gasteiger partial charge in [0.1, 0.15) is 5.78 Å². The van der Waals surface area contributed by atoms with Crippen molar-refractivity contribution in [1.29, 1.82) is 0 Å². The largest absolute Gasteiger partial charge is 0.453 e. The molecular formula is C14H20N2O4. The fourth-order valence-corrected chi connectivity index (χ4v) is 4.11. The Morgan fingerprint density at radius 3 is 2.85 bits per heavy atom. The molecule has 0 radical (unpaired) electrons. The van der Waals surface area contributed by atoms with Crippen molar-refractivity contribution in [2.45, 2.75) is 43.7 Å². The average molecular weight is 280 g/mol. The van der Waals surface area contributed by atoms with Crippen LogP contribution >= 0.6 is 0 Å². The molecule has 2 saturated heterocycles. The van der Waals surface area contributed by atoms with E-state index in [2.05, 4.69) is 0 Å². The summed E-state index contributed by atoms with van der Waals surface area (Å²) in [5.74, 6) is 0.193. The van der Waals surface area contributed by atoms with Crippen LogP contribution in [0.25, 0.3) is 0 Å². The molecule has 6 nitrogen and oxygen atoms in total. The van der Waals surface area contributed by atoms with Gasteiger partial charge in [0, 0.05) is 37.9 Å². The number of carbonyl (C=O) groups is 3. The normalized spacial score (nSPS) is 35.8. The maximum absolute atomic E-state index is 12.3. The second-order valence-electron chi connectivity index (χ2n) is 6.24. The average Bonchev–Trinajstić information content (AvgIpc) is 2.81. The predicted octanol–water partition coefficient (Wildman–Crippen LogP) is 0.797. The van der Waals surface area contributed by atoms with Crippen LogP contribution in [0.1, 0.15) is 32.1 Å². The van der Waals surface area contributed by atoms with Crippen molar-refractivity contribution in [2.24, 2.45) is 5.92 Å². The third-order valence-electron chi connectivity index (χ3n) is 5.23. The van der Waals surface area contributed by atoms with E-state index in [0.29, 0.717) is 19.4 Å². The van der Waals surface area contributed by atoms with Gasteiger partial charge in [-0.15, -0.1) is 0 Å². The minimum Gasteiger partial charge on any atom is -0.453 e. The van der Waals surface area contributed by atoms with E-state index in [-0.39, 0.29) is 35.3 Å². The molecule has 2 bridgehead atoms. The molecule has 3 atom stereocenters. The zero-order chi connectivity index (χ0) is 14.5. The van der Waals surface area contributed by atoms with E-state index in [4.69, 9.17) is 4.74 Å². The van der Waals surface area contributed by atoms with E-state index in [1.54, 1.807) is 11.9 Å². The van der Waals surface area contributed by atoms with E-state index in [1.165, 1.54) is 7.11 Å². The van der Waals surface area contributed by atoms with Gasteiger partial charge in [-0.3, -0.25) is 9.59 Å². The lowest BCUT2D eigenvalue weighted by Gasteiger charge is -2.48. The Hall–Kier alpha value is -1.59. The second kappa shape index (κ2) is 4.46. The molecule has 1 spiro atoms. The quantitative estimate of drug-likeness (QED) is 0.712. The Morgan fingerprint density at radius 2 is 2.15 bits per heavy atom. The summed E-state index contributed by atoms with van der Waals surface area (Å²) >= 11 is 0. The fourth-order valence-electron chi connectivity index (χ4n) is 4.11. The maximum atomic E-state index is 12.3. The first kappa shape index (κ1) is 13.4. The minimum atomic E-state index is -0.373. The monoisotopic (exact) mass is 280 g/mol. The summed E-state index contributed by atoms with van der Waals surface area (Å²) in [4.78, 5) is 39.3. The topological polar surface area (TPSA) is 66.9 Å². The van der Waals surface area contributed by atoms with Crippen molar-refractivity contribution in [3.8, 4) is 0 Å². The van der Waals surface area contributed by atoms with Crippen LogP contribution in [-0.2, 0) is 14.3 Å². The summed E-state index contributed by atoms with van der Waals surface area (Å²) in [6.45, 7) is 0.561. The molecule has 6 heteroatoms. The molecule has 1 saturated carbocycles. The number of carbonyl (C=O) groups excluding carboxylic acids is 3. The molecule has 2 heterocycles. The number of rotatable bonds is 1. The highest BCUT2D eigenvalue weighted by molar-refractivity contribution is 5.90. The van der Waals surface area contributed by atoms with E-state index in [9.17, 15) is 14.4 Å². The van der Waals surface area contributed by atoms with Gasteiger partial charge in [0.05, 0.1) is 13.2 Å². The number of methoxy groups -OCH3 is 1. The van der Waals surface area contributed by atoms with Crippen molar-refractivity contribution in [1.82, 2.24) is 9.80 Å². The van der Waals surface area contributed by atoms with Crippen molar-refractivity contribution in [3.05, 3.63) is 0 Å². The Morgan fingerprint density at radius 1 is 1.40 bits per heavy atom. The number of ketones is 1. The van der Waals surface area contributed by atoms with Crippen LogP contribution in [0.15, 0.2) is 0 Å². The number of hydrogen-bond acceptors (Lipinski definition) is 4. The van der Waals surface area contributed by atoms with Gasteiger partial charge >= 0.3 is 6.09 Å². The zero-order valence-corrected chi connectivity index (χ0v) is 11.9. The molecule has 0 aromatic carbocycles. The van der Waals surface area contributed by atoms with Gasteiger partial charge in [0.2, 0.25) is 5.91 Å². The molecule has 3 rings (SSSR count). The standard InChI is InChI=1S/C14H20N2O4/c1-15(13(19)20-2)10-7-14-4-3-11(17)9(6-14)5-12(18)16(14)8-10/h9-10H,3-8H2,1-2H3/t9-,10-,14-/m0/s1. The second-order valence-corrected chi connectivity index (χ2v) is 6.24. The molecule has 0 N–H and O–H groups in total. The lowest BCUT2D eigenvalue weighted by molar-refractivity contribution is -0.151. The molecule has 0 aromatic heterocycles. The molecule has 110 valence electrons. The van der Waals surface area contributed by atoms with Crippen LogP contribution in [-0.4, -0.2) is 59.9 Å². The minimum absolute atomic E-state index is 0.0154. The van der Waals surface area contributed by atoms with Crippen LogP contribution in [0.4, 0.5) is 4.79 Å². The van der Waals surface area contributed by atoms with E-state index >= 15 is 0 Å². The third-order valence-corrected chi connectivity index (χ3v) is 5.23. The van der Waals surface area contributed by atoms with Gasteiger partial charge in [0.15, 0.2) is 0 Å². The highest BCUT2D eigenvalue weighted by Crippen LogP contribution is 2.48. The first-order chi connectivity index (χ1) is 9.47. The molecule has 2 aliphatic heterocycles. The lowest BCUT2D eigenvalue weighted by Crippen LogP contribution is -2.56. The maximum Gasteiger partial charge on any atom is 0.409 e. The number of ether oxygens (including phenoxy) is 1. The van der Waals surface area contributed by atoms with Crippen LogP contribution in [0.2, 0.25) is 0 Å². The number of hydrogen-bond donors (Lipinski definition) is 0.